The molecule has 1 atom stereocenters. The lowest BCUT2D eigenvalue weighted by molar-refractivity contribution is 0.242. The predicted molar refractivity (Wildman–Crippen MR) is 75.0 cm³/mol. The Kier molecular flexibility index (Phi) is 4.42. The molecule has 0 radical (unpaired) electrons. The van der Waals surface area contributed by atoms with E-state index >= 15 is 0 Å². The van der Waals surface area contributed by atoms with E-state index in [4.69, 9.17) is 0 Å². The molecule has 100 valence electrons. The average molecular weight is 333 g/mol. The lowest BCUT2D eigenvalue weighted by atomic mass is 10.1. The Labute approximate surface area is 117 Å². The SMILES string of the molecule is CN1CCCC(NS(=O)(=O)c2ccccc2Br)C1. The van der Waals surface area contributed by atoms with Gasteiger partial charge in [-0.15, -0.1) is 0 Å². The van der Waals surface area contributed by atoms with Gasteiger partial charge < -0.3 is 4.90 Å². The summed E-state index contributed by atoms with van der Waals surface area (Å²) >= 11 is 3.28. The zero-order valence-electron chi connectivity index (χ0n) is 10.3. The number of rotatable bonds is 3. The van der Waals surface area contributed by atoms with Crippen LogP contribution in [0.25, 0.3) is 0 Å². The number of piperidine rings is 1. The summed E-state index contributed by atoms with van der Waals surface area (Å²) in [4.78, 5) is 2.45. The Morgan fingerprint density at radius 2 is 2.11 bits per heavy atom. The van der Waals surface area contributed by atoms with Crippen molar-refractivity contribution in [2.75, 3.05) is 20.1 Å². The molecule has 6 heteroatoms. The number of halogens is 1. The maximum Gasteiger partial charge on any atom is 0.241 e. The number of likely N-dealkylation sites (N-methyl/N-ethyl adjacent to an activating group) is 1. The zero-order chi connectivity index (χ0) is 13.2. The standard InChI is InChI=1S/C12H17BrN2O2S/c1-15-8-4-5-10(9-15)14-18(16,17)12-7-3-2-6-11(12)13/h2-3,6-7,10,14H,4-5,8-9H2,1H3. The summed E-state index contributed by atoms with van der Waals surface area (Å²) in [6.07, 6.45) is 1.92. The molecule has 0 bridgehead atoms. The first-order chi connectivity index (χ1) is 8.49. The number of sulfonamides is 1. The van der Waals surface area contributed by atoms with Gasteiger partial charge in [0.2, 0.25) is 10.0 Å². The molecule has 0 aromatic heterocycles. The molecule has 1 aromatic rings. The molecule has 0 amide bonds. The number of hydrogen-bond acceptors (Lipinski definition) is 3. The van der Waals surface area contributed by atoms with Crippen molar-refractivity contribution in [2.45, 2.75) is 23.8 Å². The molecule has 0 saturated carbocycles. The van der Waals surface area contributed by atoms with Crippen LogP contribution in [0.2, 0.25) is 0 Å². The van der Waals surface area contributed by atoms with E-state index in [1.54, 1.807) is 24.3 Å². The minimum absolute atomic E-state index is 0.000793. The van der Waals surface area contributed by atoms with E-state index in [0.29, 0.717) is 9.37 Å². The van der Waals surface area contributed by atoms with Gasteiger partial charge in [0.25, 0.3) is 0 Å². The molecule has 1 aliphatic rings. The average Bonchev–Trinajstić information content (AvgIpc) is 2.28. The fourth-order valence-electron chi connectivity index (χ4n) is 2.21. The number of nitrogens with one attached hydrogen (secondary N) is 1. The summed E-state index contributed by atoms with van der Waals surface area (Å²) in [7, 11) is -1.42. The van der Waals surface area contributed by atoms with E-state index in [9.17, 15) is 8.42 Å². The van der Waals surface area contributed by atoms with Crippen LogP contribution in [0.15, 0.2) is 33.6 Å². The normalized spacial score (nSPS) is 22.0. The van der Waals surface area contributed by atoms with Gasteiger partial charge in [-0.05, 0) is 54.5 Å². The molecular weight excluding hydrogens is 316 g/mol. The van der Waals surface area contributed by atoms with Crippen LogP contribution < -0.4 is 4.72 Å². The summed E-state index contributed by atoms with van der Waals surface area (Å²) in [5, 5.41) is 0. The van der Waals surface area contributed by atoms with Crippen molar-refractivity contribution in [1.29, 1.82) is 0 Å². The van der Waals surface area contributed by atoms with Gasteiger partial charge in [-0.2, -0.15) is 0 Å². The van der Waals surface area contributed by atoms with Crippen LogP contribution in [-0.2, 0) is 10.0 Å². The van der Waals surface area contributed by atoms with Crippen molar-refractivity contribution in [2.24, 2.45) is 0 Å². The summed E-state index contributed by atoms with van der Waals surface area (Å²) in [6.45, 7) is 1.80. The largest absolute Gasteiger partial charge is 0.305 e. The topological polar surface area (TPSA) is 49.4 Å². The molecule has 1 aliphatic heterocycles. The Hall–Kier alpha value is -0.430. The molecule has 18 heavy (non-hydrogen) atoms. The third kappa shape index (κ3) is 3.32. The van der Waals surface area contributed by atoms with Gasteiger partial charge in [0.1, 0.15) is 0 Å². The fraction of sp³-hybridized carbons (Fsp3) is 0.500. The van der Waals surface area contributed by atoms with Gasteiger partial charge in [0.15, 0.2) is 0 Å². The van der Waals surface area contributed by atoms with Crippen molar-refractivity contribution >= 4 is 26.0 Å². The molecule has 1 aromatic carbocycles. The van der Waals surface area contributed by atoms with Crippen LogP contribution in [0.5, 0.6) is 0 Å². The lowest BCUT2D eigenvalue weighted by Crippen LogP contribution is -2.46. The van der Waals surface area contributed by atoms with Gasteiger partial charge in [-0.25, -0.2) is 13.1 Å². The van der Waals surface area contributed by atoms with Crippen LogP contribution in [0.4, 0.5) is 0 Å². The fourth-order valence-corrected chi connectivity index (χ4v) is 4.47. The van der Waals surface area contributed by atoms with E-state index in [0.717, 1.165) is 25.9 Å². The minimum Gasteiger partial charge on any atom is -0.305 e. The second kappa shape index (κ2) is 5.69. The Bertz CT molecular complexity index is 519. The van der Waals surface area contributed by atoms with Crippen LogP contribution in [-0.4, -0.2) is 39.5 Å². The first-order valence-electron chi connectivity index (χ1n) is 5.94. The summed E-state index contributed by atoms with van der Waals surface area (Å²) in [5.41, 5.74) is 0. The second-order valence-electron chi connectivity index (χ2n) is 4.65. The predicted octanol–water partition coefficient (Wildman–Crippen LogP) is 1.82. The Morgan fingerprint density at radius 1 is 1.39 bits per heavy atom. The highest BCUT2D eigenvalue weighted by Crippen LogP contribution is 2.22. The Morgan fingerprint density at radius 3 is 2.78 bits per heavy atom. The monoisotopic (exact) mass is 332 g/mol. The molecule has 1 heterocycles. The van der Waals surface area contributed by atoms with E-state index < -0.39 is 10.0 Å². The molecule has 4 nitrogen and oxygen atoms in total. The van der Waals surface area contributed by atoms with Gasteiger partial charge >= 0.3 is 0 Å². The maximum atomic E-state index is 12.3. The van der Waals surface area contributed by atoms with Crippen molar-refractivity contribution in [3.63, 3.8) is 0 Å². The molecule has 1 saturated heterocycles. The van der Waals surface area contributed by atoms with Crippen molar-refractivity contribution < 1.29 is 8.42 Å². The molecule has 0 aliphatic carbocycles. The third-order valence-electron chi connectivity index (χ3n) is 3.07. The van der Waals surface area contributed by atoms with Gasteiger partial charge in [-0.1, -0.05) is 12.1 Å². The first kappa shape index (κ1) is 14.0. The zero-order valence-corrected chi connectivity index (χ0v) is 12.7. The summed E-state index contributed by atoms with van der Waals surface area (Å²) < 4.78 is 27.9. The summed E-state index contributed by atoms with van der Waals surface area (Å²) in [5.74, 6) is 0. The highest BCUT2D eigenvalue weighted by atomic mass is 79.9. The molecule has 0 spiro atoms. The lowest BCUT2D eigenvalue weighted by Gasteiger charge is -2.30. The van der Waals surface area contributed by atoms with Crippen molar-refractivity contribution in [3.05, 3.63) is 28.7 Å². The second-order valence-corrected chi connectivity index (χ2v) is 7.19. The van der Waals surface area contributed by atoms with Gasteiger partial charge in [0.05, 0.1) is 4.90 Å². The minimum atomic E-state index is -3.44. The highest BCUT2D eigenvalue weighted by Gasteiger charge is 2.24. The van der Waals surface area contributed by atoms with Crippen LogP contribution in [0.3, 0.4) is 0 Å². The Balaban J connectivity index is 2.15. The van der Waals surface area contributed by atoms with Crippen LogP contribution in [0, 0.1) is 0 Å². The first-order valence-corrected chi connectivity index (χ1v) is 8.22. The van der Waals surface area contributed by atoms with E-state index in [1.165, 1.54) is 0 Å². The van der Waals surface area contributed by atoms with Crippen molar-refractivity contribution in [3.8, 4) is 0 Å². The molecular formula is C12H17BrN2O2S. The molecule has 1 fully saturated rings. The molecule has 2 rings (SSSR count). The number of likely N-dealkylation sites (tertiary alicyclic amines) is 1. The van der Waals surface area contributed by atoms with Gasteiger partial charge in [-0.3, -0.25) is 0 Å². The van der Waals surface area contributed by atoms with Gasteiger partial charge in [0, 0.05) is 17.1 Å². The highest BCUT2D eigenvalue weighted by molar-refractivity contribution is 9.10. The van der Waals surface area contributed by atoms with E-state index in [1.807, 2.05) is 7.05 Å². The maximum absolute atomic E-state index is 12.3. The van der Waals surface area contributed by atoms with Crippen molar-refractivity contribution in [1.82, 2.24) is 9.62 Å². The molecule has 1 N–H and O–H groups in total. The third-order valence-corrected chi connectivity index (χ3v) is 5.61. The van der Waals surface area contributed by atoms with Crippen LogP contribution >= 0.6 is 15.9 Å². The van der Waals surface area contributed by atoms with E-state index in [-0.39, 0.29) is 6.04 Å². The number of nitrogens with zero attached hydrogens (tertiary/aromatic N) is 1. The number of hydrogen-bond donors (Lipinski definition) is 1. The van der Waals surface area contributed by atoms with Crippen LogP contribution in [0.1, 0.15) is 12.8 Å². The quantitative estimate of drug-likeness (QED) is 0.918. The number of benzene rings is 1. The molecule has 1 unspecified atom stereocenters. The van der Waals surface area contributed by atoms with E-state index in [2.05, 4.69) is 25.6 Å². The smallest absolute Gasteiger partial charge is 0.241 e. The summed E-state index contributed by atoms with van der Waals surface area (Å²) in [6, 6.07) is 6.88.